The number of benzene rings is 1. The molecule has 0 spiro atoms. The summed E-state index contributed by atoms with van der Waals surface area (Å²) in [6.07, 6.45) is 3.78. The van der Waals surface area contributed by atoms with Gasteiger partial charge in [0.2, 0.25) is 11.9 Å². The molecule has 2 aromatic rings. The van der Waals surface area contributed by atoms with Gasteiger partial charge >= 0.3 is 0 Å². The summed E-state index contributed by atoms with van der Waals surface area (Å²) in [7, 11) is 4.16. The number of anilines is 3. The van der Waals surface area contributed by atoms with Gasteiger partial charge in [-0.05, 0) is 30.0 Å². The molecule has 2 aliphatic heterocycles. The molecule has 1 aromatic carbocycles. The van der Waals surface area contributed by atoms with E-state index in [9.17, 15) is 0 Å². The van der Waals surface area contributed by atoms with Gasteiger partial charge in [-0.1, -0.05) is 12.1 Å². The van der Waals surface area contributed by atoms with Crippen LogP contribution in [0.4, 0.5) is 17.6 Å². The minimum absolute atomic E-state index is 0.202. The topological polar surface area (TPSA) is 74.4 Å². The molecule has 7 nitrogen and oxygen atoms in total. The Kier molecular flexibility index (Phi) is 4.17. The first-order valence-corrected chi connectivity index (χ1v) is 8.84. The smallest absolute Gasteiger partial charge is 0.230 e. The van der Waals surface area contributed by atoms with Gasteiger partial charge in [0.25, 0.3) is 0 Å². The first-order chi connectivity index (χ1) is 12.1. The number of rotatable bonds is 3. The van der Waals surface area contributed by atoms with E-state index in [1.165, 1.54) is 16.8 Å². The van der Waals surface area contributed by atoms with Crippen LogP contribution < -0.4 is 20.4 Å². The van der Waals surface area contributed by atoms with Crippen molar-refractivity contribution in [3.63, 3.8) is 0 Å². The molecule has 4 rings (SSSR count). The highest BCUT2D eigenvalue weighted by atomic mass is 15.3. The molecule has 0 radical (unpaired) electrons. The summed E-state index contributed by atoms with van der Waals surface area (Å²) >= 11 is 0. The molecule has 0 amide bonds. The second-order valence-corrected chi connectivity index (χ2v) is 7.10. The third kappa shape index (κ3) is 3.11. The first kappa shape index (κ1) is 16.1. The van der Waals surface area contributed by atoms with Crippen LogP contribution in [0.2, 0.25) is 0 Å². The van der Waals surface area contributed by atoms with Crippen molar-refractivity contribution >= 4 is 17.6 Å². The standard InChI is InChI=1S/C18H25N7/c1-23(2)16-7-3-5-13-9-25(11-15(13)16)18-21-12-20-17(22-18)24-8-4-6-14(19)10-24/h3,5,7,12,14H,4,6,8-11,19H2,1-2H3. The van der Waals surface area contributed by atoms with Crippen LogP contribution >= 0.6 is 0 Å². The molecule has 3 heterocycles. The fourth-order valence-corrected chi connectivity index (χ4v) is 3.74. The van der Waals surface area contributed by atoms with Gasteiger partial charge in [-0.25, -0.2) is 9.97 Å². The molecule has 132 valence electrons. The summed E-state index contributed by atoms with van der Waals surface area (Å²) in [6, 6.07) is 6.67. The van der Waals surface area contributed by atoms with Crippen molar-refractivity contribution < 1.29 is 0 Å². The number of hydrogen-bond donors (Lipinski definition) is 1. The Labute approximate surface area is 148 Å². The van der Waals surface area contributed by atoms with Gasteiger partial charge in [0.15, 0.2) is 0 Å². The summed E-state index contributed by atoms with van der Waals surface area (Å²) in [5.74, 6) is 1.48. The SMILES string of the molecule is CN(C)c1cccc2c1CN(c1ncnc(N3CCCC(N)C3)n1)C2. The summed E-state index contributed by atoms with van der Waals surface area (Å²) in [6.45, 7) is 3.43. The number of fused-ring (bicyclic) bond motifs is 1. The molecule has 1 atom stereocenters. The zero-order valence-corrected chi connectivity index (χ0v) is 14.9. The third-order valence-corrected chi connectivity index (χ3v) is 5.01. The maximum absolute atomic E-state index is 6.10. The molecule has 0 aliphatic carbocycles. The maximum Gasteiger partial charge on any atom is 0.230 e. The molecule has 1 unspecified atom stereocenters. The monoisotopic (exact) mass is 339 g/mol. The summed E-state index contributed by atoms with van der Waals surface area (Å²) in [5.41, 5.74) is 10.1. The maximum atomic E-state index is 6.10. The van der Waals surface area contributed by atoms with E-state index in [1.807, 2.05) is 0 Å². The van der Waals surface area contributed by atoms with E-state index in [4.69, 9.17) is 10.7 Å². The number of nitrogens with zero attached hydrogens (tertiary/aromatic N) is 6. The molecule has 1 fully saturated rings. The van der Waals surface area contributed by atoms with Gasteiger partial charge in [-0.3, -0.25) is 0 Å². The van der Waals surface area contributed by atoms with Crippen LogP contribution in [-0.2, 0) is 13.1 Å². The van der Waals surface area contributed by atoms with E-state index in [0.717, 1.165) is 50.9 Å². The van der Waals surface area contributed by atoms with E-state index < -0.39 is 0 Å². The van der Waals surface area contributed by atoms with E-state index >= 15 is 0 Å². The predicted molar refractivity (Wildman–Crippen MR) is 99.9 cm³/mol. The zero-order valence-electron chi connectivity index (χ0n) is 14.9. The van der Waals surface area contributed by atoms with Crippen molar-refractivity contribution in [1.29, 1.82) is 0 Å². The van der Waals surface area contributed by atoms with Crippen molar-refractivity contribution in [1.82, 2.24) is 15.0 Å². The molecule has 0 bridgehead atoms. The van der Waals surface area contributed by atoms with E-state index in [-0.39, 0.29) is 6.04 Å². The Balaban J connectivity index is 1.57. The van der Waals surface area contributed by atoms with Crippen LogP contribution in [0.15, 0.2) is 24.5 Å². The molecule has 2 N–H and O–H groups in total. The molecule has 1 aromatic heterocycles. The number of aromatic nitrogens is 3. The molecular formula is C18H25N7. The van der Waals surface area contributed by atoms with Crippen molar-refractivity contribution in [2.45, 2.75) is 32.0 Å². The fourth-order valence-electron chi connectivity index (χ4n) is 3.74. The summed E-state index contributed by atoms with van der Waals surface area (Å²) < 4.78 is 0. The minimum atomic E-state index is 0.202. The second kappa shape index (κ2) is 6.48. The highest BCUT2D eigenvalue weighted by Crippen LogP contribution is 2.32. The second-order valence-electron chi connectivity index (χ2n) is 7.10. The van der Waals surface area contributed by atoms with Crippen molar-refractivity contribution in [2.24, 2.45) is 5.73 Å². The van der Waals surface area contributed by atoms with Gasteiger partial charge in [0, 0.05) is 52.0 Å². The predicted octanol–water partition coefficient (Wildman–Crippen LogP) is 1.39. The normalized spacial score (nSPS) is 19.9. The van der Waals surface area contributed by atoms with Crippen LogP contribution in [0.3, 0.4) is 0 Å². The Hall–Kier alpha value is -2.41. The number of piperidine rings is 1. The lowest BCUT2D eigenvalue weighted by Gasteiger charge is -2.31. The van der Waals surface area contributed by atoms with Gasteiger partial charge < -0.3 is 20.4 Å². The lowest BCUT2D eigenvalue weighted by molar-refractivity contribution is 0.499. The van der Waals surface area contributed by atoms with E-state index in [1.54, 1.807) is 6.33 Å². The molecule has 2 aliphatic rings. The van der Waals surface area contributed by atoms with Crippen LogP contribution in [-0.4, -0.2) is 48.2 Å². The highest BCUT2D eigenvalue weighted by molar-refractivity contribution is 5.60. The van der Waals surface area contributed by atoms with Gasteiger partial charge in [-0.2, -0.15) is 4.98 Å². The lowest BCUT2D eigenvalue weighted by atomic mass is 10.1. The summed E-state index contributed by atoms with van der Waals surface area (Å²) in [4.78, 5) is 20.1. The molecular weight excluding hydrogens is 314 g/mol. The largest absolute Gasteiger partial charge is 0.377 e. The molecule has 7 heteroatoms. The Morgan fingerprint density at radius 2 is 1.92 bits per heavy atom. The first-order valence-electron chi connectivity index (χ1n) is 8.84. The van der Waals surface area contributed by atoms with Crippen molar-refractivity contribution in [3.8, 4) is 0 Å². The van der Waals surface area contributed by atoms with Gasteiger partial charge in [-0.15, -0.1) is 0 Å². The average molecular weight is 339 g/mol. The molecule has 25 heavy (non-hydrogen) atoms. The van der Waals surface area contributed by atoms with Crippen molar-refractivity contribution in [2.75, 3.05) is 41.9 Å². The Morgan fingerprint density at radius 1 is 1.12 bits per heavy atom. The van der Waals surface area contributed by atoms with E-state index in [2.05, 4.69) is 57.0 Å². The Bertz CT molecular complexity index is 761. The fraction of sp³-hybridized carbons (Fsp3) is 0.500. The zero-order chi connectivity index (χ0) is 17.4. The average Bonchev–Trinajstić information content (AvgIpc) is 3.06. The lowest BCUT2D eigenvalue weighted by Crippen LogP contribution is -2.43. The number of hydrogen-bond acceptors (Lipinski definition) is 7. The van der Waals surface area contributed by atoms with Gasteiger partial charge in [0.1, 0.15) is 6.33 Å². The highest BCUT2D eigenvalue weighted by Gasteiger charge is 2.25. The molecule has 1 saturated heterocycles. The van der Waals surface area contributed by atoms with Crippen LogP contribution in [0.5, 0.6) is 0 Å². The number of nitrogens with two attached hydrogens (primary N) is 1. The minimum Gasteiger partial charge on any atom is -0.377 e. The van der Waals surface area contributed by atoms with Gasteiger partial charge in [0.05, 0.1) is 0 Å². The quantitative estimate of drug-likeness (QED) is 0.905. The summed E-state index contributed by atoms with van der Waals surface area (Å²) in [5, 5.41) is 0. The van der Waals surface area contributed by atoms with Crippen LogP contribution in [0.25, 0.3) is 0 Å². The van der Waals surface area contributed by atoms with Crippen LogP contribution in [0.1, 0.15) is 24.0 Å². The third-order valence-electron chi connectivity index (χ3n) is 5.01. The van der Waals surface area contributed by atoms with Crippen molar-refractivity contribution in [3.05, 3.63) is 35.7 Å². The van der Waals surface area contributed by atoms with Crippen LogP contribution in [0, 0.1) is 0 Å². The Morgan fingerprint density at radius 3 is 2.68 bits per heavy atom. The molecule has 0 saturated carbocycles. The van der Waals surface area contributed by atoms with E-state index in [0.29, 0.717) is 0 Å².